The zero-order valence-electron chi connectivity index (χ0n) is 12.8. The van der Waals surface area contributed by atoms with Crippen LogP contribution in [0.1, 0.15) is 29.6 Å². The lowest BCUT2D eigenvalue weighted by Gasteiger charge is -2.24. The molecule has 2 aliphatic heterocycles. The van der Waals surface area contributed by atoms with Gasteiger partial charge in [-0.15, -0.1) is 0 Å². The summed E-state index contributed by atoms with van der Waals surface area (Å²) in [5.74, 6) is 0.0445. The molecule has 0 saturated carbocycles. The van der Waals surface area contributed by atoms with E-state index in [0.29, 0.717) is 22.7 Å². The maximum Gasteiger partial charge on any atom is 0.257 e. The third kappa shape index (κ3) is 2.86. The van der Waals surface area contributed by atoms with E-state index < -0.39 is 0 Å². The van der Waals surface area contributed by atoms with Gasteiger partial charge in [-0.05, 0) is 31.4 Å². The van der Waals surface area contributed by atoms with Crippen LogP contribution < -0.4 is 5.32 Å². The molecule has 0 radical (unpaired) electrons. The average Bonchev–Trinajstić information content (AvgIpc) is 3.13. The molecule has 2 aromatic rings. The van der Waals surface area contributed by atoms with Crippen molar-refractivity contribution in [3.8, 4) is 11.3 Å². The predicted molar refractivity (Wildman–Crippen MR) is 89.5 cm³/mol. The second-order valence-corrected chi connectivity index (χ2v) is 6.78. The zero-order valence-corrected chi connectivity index (χ0v) is 13.5. The van der Waals surface area contributed by atoms with Crippen molar-refractivity contribution in [1.29, 1.82) is 0 Å². The lowest BCUT2D eigenvalue weighted by atomic mass is 10.1. The number of aromatic nitrogens is 2. The van der Waals surface area contributed by atoms with Crippen molar-refractivity contribution >= 4 is 17.5 Å². The van der Waals surface area contributed by atoms with Gasteiger partial charge in [-0.1, -0.05) is 23.7 Å². The molecule has 2 saturated heterocycles. The van der Waals surface area contributed by atoms with E-state index in [4.69, 9.17) is 11.6 Å². The molecular formula is C17H19ClN4O. The number of nitrogens with zero attached hydrogens (tertiary/aromatic N) is 2. The number of hydrogen-bond acceptors (Lipinski definition) is 3. The highest BCUT2D eigenvalue weighted by molar-refractivity contribution is 6.30. The molecule has 120 valence electrons. The van der Waals surface area contributed by atoms with Gasteiger partial charge in [-0.2, -0.15) is 5.10 Å². The van der Waals surface area contributed by atoms with Crippen LogP contribution in [0, 0.1) is 0 Å². The molecule has 1 aromatic heterocycles. The van der Waals surface area contributed by atoms with Gasteiger partial charge in [0.15, 0.2) is 0 Å². The minimum Gasteiger partial charge on any atom is -0.337 e. The number of fused-ring (bicyclic) bond motifs is 2. The quantitative estimate of drug-likeness (QED) is 0.890. The first-order valence-electron chi connectivity index (χ1n) is 8.05. The molecule has 0 aliphatic carbocycles. The summed E-state index contributed by atoms with van der Waals surface area (Å²) in [5.41, 5.74) is 2.23. The van der Waals surface area contributed by atoms with Crippen LogP contribution in [-0.4, -0.2) is 46.2 Å². The minimum absolute atomic E-state index is 0.0445. The summed E-state index contributed by atoms with van der Waals surface area (Å²) in [6.07, 6.45) is 5.02. The molecule has 2 aliphatic rings. The Bertz CT molecular complexity index is 729. The van der Waals surface area contributed by atoms with Crippen LogP contribution in [0.2, 0.25) is 5.02 Å². The van der Waals surface area contributed by atoms with Crippen molar-refractivity contribution in [1.82, 2.24) is 20.4 Å². The number of carbonyl (C=O) groups excluding carboxylic acids is 1. The largest absolute Gasteiger partial charge is 0.337 e. The lowest BCUT2D eigenvalue weighted by Crippen LogP contribution is -2.39. The highest BCUT2D eigenvalue weighted by atomic mass is 35.5. The van der Waals surface area contributed by atoms with E-state index >= 15 is 0 Å². The number of halogens is 1. The highest BCUT2D eigenvalue weighted by Gasteiger charge is 2.32. The summed E-state index contributed by atoms with van der Waals surface area (Å²) < 4.78 is 0. The van der Waals surface area contributed by atoms with E-state index in [1.807, 2.05) is 29.2 Å². The van der Waals surface area contributed by atoms with Crippen LogP contribution in [0.3, 0.4) is 0 Å². The number of aromatic amines is 1. The van der Waals surface area contributed by atoms with Gasteiger partial charge in [0.25, 0.3) is 5.91 Å². The summed E-state index contributed by atoms with van der Waals surface area (Å²) in [6.45, 7) is 1.57. The third-order valence-corrected chi connectivity index (χ3v) is 5.03. The Hall–Kier alpha value is -1.85. The molecule has 5 nitrogen and oxygen atoms in total. The Kier molecular flexibility index (Phi) is 3.83. The first kappa shape index (κ1) is 14.7. The number of H-pyrrole nitrogens is 1. The average molecular weight is 331 g/mol. The number of nitrogens with one attached hydrogen (secondary N) is 2. The van der Waals surface area contributed by atoms with E-state index in [1.165, 1.54) is 6.42 Å². The van der Waals surface area contributed by atoms with Crippen LogP contribution in [-0.2, 0) is 0 Å². The van der Waals surface area contributed by atoms with E-state index in [2.05, 4.69) is 15.5 Å². The Labute approximate surface area is 140 Å². The summed E-state index contributed by atoms with van der Waals surface area (Å²) >= 11 is 6.07. The van der Waals surface area contributed by atoms with Crippen molar-refractivity contribution in [2.45, 2.75) is 31.3 Å². The SMILES string of the molecule is O=C(c1cn[nH]c1-c1cccc(Cl)c1)N1CCC2CCC(C1)N2. The molecule has 2 fully saturated rings. The summed E-state index contributed by atoms with van der Waals surface area (Å²) in [5, 5.41) is 11.3. The number of likely N-dealkylation sites (tertiary alicyclic amines) is 1. The van der Waals surface area contributed by atoms with Crippen molar-refractivity contribution in [3.05, 3.63) is 41.0 Å². The molecule has 0 spiro atoms. The second-order valence-electron chi connectivity index (χ2n) is 6.35. The topological polar surface area (TPSA) is 61.0 Å². The van der Waals surface area contributed by atoms with Crippen LogP contribution in [0.4, 0.5) is 0 Å². The standard InChI is InChI=1S/C17H19ClN4O/c18-12-3-1-2-11(8-12)16-15(9-19-21-16)17(23)22-7-6-13-4-5-14(10-22)20-13/h1-3,8-9,13-14,20H,4-7,10H2,(H,19,21). The van der Waals surface area contributed by atoms with E-state index in [-0.39, 0.29) is 5.91 Å². The second kappa shape index (κ2) is 5.98. The normalized spacial score (nSPS) is 23.8. The van der Waals surface area contributed by atoms with Gasteiger partial charge in [0.2, 0.25) is 0 Å². The fourth-order valence-corrected chi connectivity index (χ4v) is 3.80. The van der Waals surface area contributed by atoms with E-state index in [9.17, 15) is 4.79 Å². The lowest BCUT2D eigenvalue weighted by molar-refractivity contribution is 0.0749. The van der Waals surface area contributed by atoms with Crippen LogP contribution in [0.15, 0.2) is 30.5 Å². The summed E-state index contributed by atoms with van der Waals surface area (Å²) in [7, 11) is 0. The molecule has 4 rings (SSSR count). The van der Waals surface area contributed by atoms with Crippen molar-refractivity contribution in [2.24, 2.45) is 0 Å². The maximum atomic E-state index is 13.0. The van der Waals surface area contributed by atoms with Gasteiger partial charge in [0.1, 0.15) is 0 Å². The monoisotopic (exact) mass is 330 g/mol. The fourth-order valence-electron chi connectivity index (χ4n) is 3.61. The third-order valence-electron chi connectivity index (χ3n) is 4.79. The van der Waals surface area contributed by atoms with Gasteiger partial charge < -0.3 is 10.2 Å². The fraction of sp³-hybridized carbons (Fsp3) is 0.412. The van der Waals surface area contributed by atoms with Crippen LogP contribution >= 0.6 is 11.6 Å². The molecule has 1 amide bonds. The number of amides is 1. The molecular weight excluding hydrogens is 312 g/mol. The van der Waals surface area contributed by atoms with Gasteiger partial charge in [-0.3, -0.25) is 9.89 Å². The summed E-state index contributed by atoms with van der Waals surface area (Å²) in [6, 6.07) is 8.46. The molecule has 2 unspecified atom stereocenters. The Balaban J connectivity index is 1.61. The smallest absolute Gasteiger partial charge is 0.257 e. The molecule has 2 atom stereocenters. The van der Waals surface area contributed by atoms with E-state index in [0.717, 1.165) is 37.2 Å². The number of carbonyl (C=O) groups is 1. The highest BCUT2D eigenvalue weighted by Crippen LogP contribution is 2.27. The van der Waals surface area contributed by atoms with Crippen LogP contribution in [0.5, 0.6) is 0 Å². The molecule has 2 N–H and O–H groups in total. The molecule has 1 aromatic carbocycles. The molecule has 6 heteroatoms. The first-order chi connectivity index (χ1) is 11.2. The van der Waals surface area contributed by atoms with E-state index in [1.54, 1.807) is 6.20 Å². The molecule has 2 bridgehead atoms. The number of benzene rings is 1. The summed E-state index contributed by atoms with van der Waals surface area (Å²) in [4.78, 5) is 14.9. The number of hydrogen-bond donors (Lipinski definition) is 2. The Morgan fingerprint density at radius 2 is 2.13 bits per heavy atom. The van der Waals surface area contributed by atoms with Crippen molar-refractivity contribution < 1.29 is 4.79 Å². The number of rotatable bonds is 2. The zero-order chi connectivity index (χ0) is 15.8. The Morgan fingerprint density at radius 1 is 1.26 bits per heavy atom. The minimum atomic E-state index is 0.0445. The van der Waals surface area contributed by atoms with Crippen molar-refractivity contribution in [2.75, 3.05) is 13.1 Å². The van der Waals surface area contributed by atoms with Gasteiger partial charge >= 0.3 is 0 Å². The first-order valence-corrected chi connectivity index (χ1v) is 8.43. The Morgan fingerprint density at radius 3 is 3.00 bits per heavy atom. The van der Waals surface area contributed by atoms with Gasteiger partial charge in [-0.25, -0.2) is 0 Å². The van der Waals surface area contributed by atoms with Crippen LogP contribution in [0.25, 0.3) is 11.3 Å². The van der Waals surface area contributed by atoms with Gasteiger partial charge in [0, 0.05) is 35.8 Å². The van der Waals surface area contributed by atoms with Crippen molar-refractivity contribution in [3.63, 3.8) is 0 Å². The molecule has 23 heavy (non-hydrogen) atoms. The van der Waals surface area contributed by atoms with Gasteiger partial charge in [0.05, 0.1) is 17.5 Å². The molecule has 3 heterocycles. The predicted octanol–water partition coefficient (Wildman–Crippen LogP) is 2.70. The maximum absolute atomic E-state index is 13.0.